The Hall–Kier alpha value is -2.07. The number of imidazole rings is 1. The number of aryl methyl sites for hydroxylation is 1. The molecule has 2 aromatic heterocycles. The number of hydrogen-bond donors (Lipinski definition) is 1. The summed E-state index contributed by atoms with van der Waals surface area (Å²) in [5, 5.41) is 1.49. The van der Waals surface area contributed by atoms with Gasteiger partial charge in [-0.2, -0.15) is 0 Å². The number of aromatic nitrogens is 3. The quantitative estimate of drug-likeness (QED) is 0.786. The van der Waals surface area contributed by atoms with Gasteiger partial charge < -0.3 is 14.5 Å². The molecule has 4 heteroatoms. The zero-order chi connectivity index (χ0) is 16.3. The molecule has 3 heterocycles. The van der Waals surface area contributed by atoms with E-state index in [-0.39, 0.29) is 0 Å². The molecule has 0 bridgehead atoms. The van der Waals surface area contributed by atoms with Crippen molar-refractivity contribution < 1.29 is 0 Å². The number of likely N-dealkylation sites (N-methyl/N-ethyl adjacent to an activating group) is 1. The summed E-state index contributed by atoms with van der Waals surface area (Å²) in [6, 6.07) is 7.42. The van der Waals surface area contributed by atoms with E-state index in [0.717, 1.165) is 12.4 Å². The maximum atomic E-state index is 4.38. The van der Waals surface area contributed by atoms with Crippen LogP contribution in [0, 0.1) is 12.8 Å². The highest BCUT2D eigenvalue weighted by Crippen LogP contribution is 2.44. The van der Waals surface area contributed by atoms with Crippen molar-refractivity contribution in [3.8, 4) is 0 Å². The van der Waals surface area contributed by atoms with Crippen LogP contribution in [0.5, 0.6) is 0 Å². The molecule has 3 aromatic rings. The lowest BCUT2D eigenvalue weighted by molar-refractivity contribution is 0.103. The smallest absolute Gasteiger partial charge is 0.105 e. The number of rotatable bonds is 2. The van der Waals surface area contributed by atoms with Crippen molar-refractivity contribution in [3.05, 3.63) is 53.7 Å². The van der Waals surface area contributed by atoms with Crippen LogP contribution in [-0.4, -0.2) is 39.1 Å². The van der Waals surface area contributed by atoms with Crippen LogP contribution in [0.4, 0.5) is 0 Å². The van der Waals surface area contributed by atoms with Gasteiger partial charge in [0.25, 0.3) is 0 Å². The van der Waals surface area contributed by atoms with E-state index in [0.29, 0.717) is 17.9 Å². The minimum atomic E-state index is 0.638. The Labute approximate surface area is 142 Å². The van der Waals surface area contributed by atoms with E-state index in [9.17, 15) is 0 Å². The maximum absolute atomic E-state index is 4.38. The molecule has 1 N–H and O–H groups in total. The van der Waals surface area contributed by atoms with Gasteiger partial charge >= 0.3 is 0 Å². The van der Waals surface area contributed by atoms with E-state index in [2.05, 4.69) is 64.0 Å². The molecular formula is C20H24N4. The SMILES string of the molecule is Cc1nccn1CC1C[C@@H]2c3cccc4[nH]cc(c34)C[C@H]2N(C)C1. The molecule has 1 aliphatic carbocycles. The third-order valence-electron chi connectivity index (χ3n) is 6.19. The van der Waals surface area contributed by atoms with Crippen molar-refractivity contribution in [1.29, 1.82) is 0 Å². The molecule has 1 saturated heterocycles. The number of nitrogens with zero attached hydrogens (tertiary/aromatic N) is 3. The van der Waals surface area contributed by atoms with Gasteiger partial charge in [-0.15, -0.1) is 0 Å². The highest BCUT2D eigenvalue weighted by molar-refractivity contribution is 5.88. The first-order chi connectivity index (χ1) is 11.7. The molecule has 4 nitrogen and oxygen atoms in total. The Morgan fingerprint density at radius 3 is 3.08 bits per heavy atom. The van der Waals surface area contributed by atoms with Crippen LogP contribution in [0.3, 0.4) is 0 Å². The molecular weight excluding hydrogens is 296 g/mol. The number of nitrogens with one attached hydrogen (secondary N) is 1. The number of hydrogen-bond acceptors (Lipinski definition) is 2. The lowest BCUT2D eigenvalue weighted by atomic mass is 9.72. The van der Waals surface area contributed by atoms with Crippen LogP contribution in [0.15, 0.2) is 36.8 Å². The fourth-order valence-corrected chi connectivity index (χ4v) is 5.06. The minimum Gasteiger partial charge on any atom is -0.361 e. The summed E-state index contributed by atoms with van der Waals surface area (Å²) in [6.45, 7) is 4.35. The van der Waals surface area contributed by atoms with Crippen molar-refractivity contribution in [2.45, 2.75) is 38.3 Å². The van der Waals surface area contributed by atoms with Crippen molar-refractivity contribution in [3.63, 3.8) is 0 Å². The lowest BCUT2D eigenvalue weighted by Gasteiger charge is -2.45. The Morgan fingerprint density at radius 2 is 2.25 bits per heavy atom. The van der Waals surface area contributed by atoms with Gasteiger partial charge in [-0.3, -0.25) is 0 Å². The Kier molecular flexibility index (Phi) is 3.10. The minimum absolute atomic E-state index is 0.638. The summed E-state index contributed by atoms with van der Waals surface area (Å²) in [5.74, 6) is 2.45. The normalized spacial score (nSPS) is 26.7. The zero-order valence-electron chi connectivity index (χ0n) is 14.4. The average molecular weight is 320 g/mol. The summed E-state index contributed by atoms with van der Waals surface area (Å²) in [5.41, 5.74) is 4.35. The van der Waals surface area contributed by atoms with E-state index in [1.807, 2.05) is 6.20 Å². The Balaban J connectivity index is 1.50. The first-order valence-corrected chi connectivity index (χ1v) is 8.97. The van der Waals surface area contributed by atoms with Crippen LogP contribution in [0.25, 0.3) is 10.9 Å². The number of benzene rings is 1. The second-order valence-corrected chi connectivity index (χ2v) is 7.63. The molecule has 0 saturated carbocycles. The molecule has 0 spiro atoms. The summed E-state index contributed by atoms with van der Waals surface area (Å²) in [4.78, 5) is 10.4. The summed E-state index contributed by atoms with van der Waals surface area (Å²) < 4.78 is 2.31. The van der Waals surface area contributed by atoms with Crippen molar-refractivity contribution >= 4 is 10.9 Å². The van der Waals surface area contributed by atoms with Gasteiger partial charge in [-0.1, -0.05) is 12.1 Å². The van der Waals surface area contributed by atoms with E-state index in [4.69, 9.17) is 0 Å². The Bertz CT molecular complexity index is 890. The molecule has 5 rings (SSSR count). The molecule has 1 fully saturated rings. The van der Waals surface area contributed by atoms with E-state index < -0.39 is 0 Å². The number of fused-ring (bicyclic) bond motifs is 2. The number of piperidine rings is 1. The van der Waals surface area contributed by atoms with Crippen LogP contribution < -0.4 is 0 Å². The standard InChI is InChI=1S/C20H24N4/c1-13-21-6-7-24(13)12-14-8-17-16-4-3-5-18-20(16)15(10-22-18)9-19(17)23(2)11-14/h3-7,10,14,17,19,22H,8-9,11-12H2,1-2H3/t14?,17-,19-/m1/s1. The van der Waals surface area contributed by atoms with Crippen LogP contribution in [-0.2, 0) is 13.0 Å². The third kappa shape index (κ3) is 2.06. The highest BCUT2D eigenvalue weighted by Gasteiger charge is 2.39. The molecule has 1 aromatic carbocycles. The van der Waals surface area contributed by atoms with Gasteiger partial charge in [0, 0.05) is 54.5 Å². The molecule has 124 valence electrons. The number of likely N-dealkylation sites (tertiary alicyclic amines) is 1. The fourth-order valence-electron chi connectivity index (χ4n) is 5.06. The summed E-state index contributed by atoms with van der Waals surface area (Å²) >= 11 is 0. The lowest BCUT2D eigenvalue weighted by Crippen LogP contribution is -2.48. The van der Waals surface area contributed by atoms with Crippen LogP contribution in [0.1, 0.15) is 29.3 Å². The second-order valence-electron chi connectivity index (χ2n) is 7.63. The topological polar surface area (TPSA) is 36.9 Å². The van der Waals surface area contributed by atoms with Crippen LogP contribution >= 0.6 is 0 Å². The van der Waals surface area contributed by atoms with E-state index in [1.165, 1.54) is 35.9 Å². The van der Waals surface area contributed by atoms with Gasteiger partial charge in [0.2, 0.25) is 0 Å². The van der Waals surface area contributed by atoms with E-state index in [1.54, 1.807) is 5.56 Å². The average Bonchev–Trinajstić information content (AvgIpc) is 3.17. The molecule has 1 aliphatic heterocycles. The molecule has 2 aliphatic rings. The van der Waals surface area contributed by atoms with Gasteiger partial charge in [-0.25, -0.2) is 4.98 Å². The molecule has 0 radical (unpaired) electrons. The maximum Gasteiger partial charge on any atom is 0.105 e. The van der Waals surface area contributed by atoms with Gasteiger partial charge in [0.1, 0.15) is 5.82 Å². The van der Waals surface area contributed by atoms with Crippen molar-refractivity contribution in [2.75, 3.05) is 13.6 Å². The second kappa shape index (κ2) is 5.21. The van der Waals surface area contributed by atoms with Crippen molar-refractivity contribution in [1.82, 2.24) is 19.4 Å². The van der Waals surface area contributed by atoms with E-state index >= 15 is 0 Å². The predicted molar refractivity (Wildman–Crippen MR) is 96.2 cm³/mol. The summed E-state index contributed by atoms with van der Waals surface area (Å²) in [6.07, 6.45) is 8.70. The first kappa shape index (κ1) is 14.3. The number of H-pyrrole nitrogens is 1. The van der Waals surface area contributed by atoms with Crippen LogP contribution in [0.2, 0.25) is 0 Å². The molecule has 24 heavy (non-hydrogen) atoms. The Morgan fingerprint density at radius 1 is 1.33 bits per heavy atom. The zero-order valence-corrected chi connectivity index (χ0v) is 14.4. The van der Waals surface area contributed by atoms with Gasteiger partial charge in [-0.05, 0) is 49.9 Å². The van der Waals surface area contributed by atoms with Crippen molar-refractivity contribution in [2.24, 2.45) is 5.92 Å². The van der Waals surface area contributed by atoms with Gasteiger partial charge in [0.15, 0.2) is 0 Å². The number of aromatic amines is 1. The predicted octanol–water partition coefficient (Wildman–Crippen LogP) is 3.33. The largest absolute Gasteiger partial charge is 0.361 e. The first-order valence-electron chi connectivity index (χ1n) is 8.97. The fraction of sp³-hybridized carbons (Fsp3) is 0.450. The molecule has 0 amide bonds. The molecule has 3 atom stereocenters. The molecule has 1 unspecified atom stereocenters. The highest BCUT2D eigenvalue weighted by atomic mass is 15.2. The van der Waals surface area contributed by atoms with Gasteiger partial charge in [0.05, 0.1) is 0 Å². The monoisotopic (exact) mass is 320 g/mol. The summed E-state index contributed by atoms with van der Waals surface area (Å²) in [7, 11) is 2.31. The third-order valence-corrected chi connectivity index (χ3v) is 6.19.